The lowest BCUT2D eigenvalue weighted by atomic mass is 10.6. The maximum absolute atomic E-state index is 10.6. The van der Waals surface area contributed by atoms with Gasteiger partial charge in [-0.1, -0.05) is 6.58 Å². The topological polar surface area (TPSA) is 52.6 Å². The summed E-state index contributed by atoms with van der Waals surface area (Å²) in [6.45, 7) is 3.53. The molecular weight excluding hydrogens is 192 g/mol. The molecule has 0 rings (SSSR count). The Balaban J connectivity index is 3.21. The van der Waals surface area contributed by atoms with E-state index in [1.54, 1.807) is 0 Å². The van der Waals surface area contributed by atoms with Crippen molar-refractivity contribution in [3.8, 4) is 0 Å². The lowest BCUT2D eigenvalue weighted by Gasteiger charge is -2.00. The number of rotatable bonds is 6. The molecule has 0 aromatic carbocycles. The predicted molar refractivity (Wildman–Crippen MR) is 50.5 cm³/mol. The fourth-order valence-corrected chi connectivity index (χ4v) is 1.10. The van der Waals surface area contributed by atoms with E-state index >= 15 is 0 Å². The first-order chi connectivity index (χ1) is 6.20. The summed E-state index contributed by atoms with van der Waals surface area (Å²) in [6.07, 6.45) is 1.10. The van der Waals surface area contributed by atoms with Gasteiger partial charge in [-0.3, -0.25) is 4.79 Å². The van der Waals surface area contributed by atoms with Crippen molar-refractivity contribution in [1.29, 1.82) is 0 Å². The van der Waals surface area contributed by atoms with Crippen LogP contribution in [0.2, 0.25) is 0 Å². The molecule has 0 saturated heterocycles. The highest BCUT2D eigenvalue weighted by atomic mass is 32.2. The molecule has 0 aromatic heterocycles. The van der Waals surface area contributed by atoms with Gasteiger partial charge in [-0.15, -0.1) is 11.8 Å². The Kier molecular flexibility index (Phi) is 7.10. The summed E-state index contributed by atoms with van der Waals surface area (Å²) < 4.78 is 9.09. The Morgan fingerprint density at radius 1 is 1.54 bits per heavy atom. The van der Waals surface area contributed by atoms with Crippen LogP contribution in [0.15, 0.2) is 12.7 Å². The normalized spacial score (nSPS) is 9.00. The highest BCUT2D eigenvalue weighted by Crippen LogP contribution is 1.99. The van der Waals surface area contributed by atoms with Gasteiger partial charge in [-0.25, -0.2) is 4.79 Å². The van der Waals surface area contributed by atoms with Gasteiger partial charge < -0.3 is 9.47 Å². The Morgan fingerprint density at radius 2 is 2.23 bits per heavy atom. The molecule has 0 radical (unpaired) electrons. The number of hydrogen-bond donors (Lipinski definition) is 0. The van der Waals surface area contributed by atoms with Crippen LogP contribution in [0, 0.1) is 0 Å². The van der Waals surface area contributed by atoms with Gasteiger partial charge in [-0.2, -0.15) is 0 Å². The van der Waals surface area contributed by atoms with Crippen molar-refractivity contribution < 1.29 is 19.1 Å². The van der Waals surface area contributed by atoms with E-state index in [0.717, 1.165) is 6.08 Å². The van der Waals surface area contributed by atoms with Gasteiger partial charge in [0.1, 0.15) is 6.61 Å². The monoisotopic (exact) mass is 204 g/mol. The number of esters is 2. The zero-order valence-corrected chi connectivity index (χ0v) is 8.26. The summed E-state index contributed by atoms with van der Waals surface area (Å²) in [5, 5.41) is 0. The molecule has 74 valence electrons. The van der Waals surface area contributed by atoms with Crippen molar-refractivity contribution in [2.75, 3.05) is 25.2 Å². The van der Waals surface area contributed by atoms with Crippen LogP contribution < -0.4 is 0 Å². The lowest BCUT2D eigenvalue weighted by molar-refractivity contribution is -0.137. The molecule has 0 aliphatic carbocycles. The molecule has 0 amide bonds. The molecule has 0 aliphatic rings. The number of hydrogen-bond acceptors (Lipinski definition) is 5. The first-order valence-electron chi connectivity index (χ1n) is 3.64. The van der Waals surface area contributed by atoms with E-state index in [1.807, 2.05) is 0 Å². The van der Waals surface area contributed by atoms with Crippen LogP contribution in [0.25, 0.3) is 0 Å². The van der Waals surface area contributed by atoms with Crippen molar-refractivity contribution in [1.82, 2.24) is 0 Å². The highest BCUT2D eigenvalue weighted by Gasteiger charge is 2.00. The molecule has 0 saturated carbocycles. The fourth-order valence-electron chi connectivity index (χ4n) is 0.475. The van der Waals surface area contributed by atoms with Gasteiger partial charge in [-0.05, 0) is 0 Å². The Morgan fingerprint density at radius 3 is 2.77 bits per heavy atom. The average Bonchev–Trinajstić information content (AvgIpc) is 2.16. The van der Waals surface area contributed by atoms with Crippen molar-refractivity contribution in [3.05, 3.63) is 12.7 Å². The molecule has 5 heteroatoms. The molecule has 0 bridgehead atoms. The van der Waals surface area contributed by atoms with Crippen LogP contribution in [-0.2, 0) is 19.1 Å². The molecule has 0 heterocycles. The predicted octanol–water partition coefficient (Wildman–Crippen LogP) is 0.622. The van der Waals surface area contributed by atoms with Crippen LogP contribution in [0.1, 0.15) is 0 Å². The summed E-state index contributed by atoms with van der Waals surface area (Å²) in [5.74, 6) is 0.135. The first kappa shape index (κ1) is 12.0. The molecule has 0 aromatic rings. The van der Waals surface area contributed by atoms with E-state index in [9.17, 15) is 9.59 Å². The van der Waals surface area contributed by atoms with E-state index in [4.69, 9.17) is 0 Å². The summed E-state index contributed by atoms with van der Waals surface area (Å²) >= 11 is 1.35. The number of carbonyl (C=O) groups excluding carboxylic acids is 2. The Labute approximate surface area is 81.3 Å². The van der Waals surface area contributed by atoms with Gasteiger partial charge in [0, 0.05) is 11.8 Å². The second kappa shape index (κ2) is 7.67. The van der Waals surface area contributed by atoms with Gasteiger partial charge in [0.2, 0.25) is 0 Å². The van der Waals surface area contributed by atoms with Gasteiger partial charge in [0.05, 0.1) is 12.9 Å². The zero-order chi connectivity index (χ0) is 10.1. The third kappa shape index (κ3) is 7.39. The lowest BCUT2D eigenvalue weighted by Crippen LogP contribution is -2.07. The summed E-state index contributed by atoms with van der Waals surface area (Å²) in [4.78, 5) is 21.1. The highest BCUT2D eigenvalue weighted by molar-refractivity contribution is 7.99. The van der Waals surface area contributed by atoms with Gasteiger partial charge in [0.15, 0.2) is 0 Å². The van der Waals surface area contributed by atoms with E-state index in [0.29, 0.717) is 5.75 Å². The van der Waals surface area contributed by atoms with Crippen LogP contribution >= 0.6 is 11.8 Å². The zero-order valence-electron chi connectivity index (χ0n) is 7.45. The molecule has 0 N–H and O–H groups in total. The second-order valence-electron chi connectivity index (χ2n) is 2.00. The quantitative estimate of drug-likeness (QED) is 0.360. The molecule has 0 spiro atoms. The molecule has 0 unspecified atom stereocenters. The Bertz CT molecular complexity index is 191. The van der Waals surface area contributed by atoms with E-state index < -0.39 is 5.97 Å². The van der Waals surface area contributed by atoms with E-state index in [1.165, 1.54) is 18.9 Å². The SMILES string of the molecule is C=CC(=O)OCCSCC(=O)OC. The molecule has 0 aliphatic heterocycles. The standard InChI is InChI=1S/C8H12O4S/c1-3-7(9)12-4-5-13-6-8(10)11-2/h3H,1,4-6H2,2H3. The van der Waals surface area contributed by atoms with Gasteiger partial charge in [0.25, 0.3) is 0 Å². The smallest absolute Gasteiger partial charge is 0.330 e. The minimum Gasteiger partial charge on any atom is -0.468 e. The largest absolute Gasteiger partial charge is 0.468 e. The molecule has 0 fully saturated rings. The van der Waals surface area contributed by atoms with Crippen LogP contribution in [0.3, 0.4) is 0 Å². The summed E-state index contributed by atoms with van der Waals surface area (Å²) in [6, 6.07) is 0. The Hall–Kier alpha value is -0.970. The fraction of sp³-hybridized carbons (Fsp3) is 0.500. The van der Waals surface area contributed by atoms with Crippen LogP contribution in [0.4, 0.5) is 0 Å². The van der Waals surface area contributed by atoms with Crippen molar-refractivity contribution in [2.24, 2.45) is 0 Å². The van der Waals surface area contributed by atoms with E-state index in [2.05, 4.69) is 16.1 Å². The van der Waals surface area contributed by atoms with Crippen molar-refractivity contribution >= 4 is 23.7 Å². The third-order valence-electron chi connectivity index (χ3n) is 1.09. The molecule has 4 nitrogen and oxygen atoms in total. The minimum absolute atomic E-state index is 0.278. The van der Waals surface area contributed by atoms with Crippen LogP contribution in [0.5, 0.6) is 0 Å². The van der Waals surface area contributed by atoms with E-state index in [-0.39, 0.29) is 18.3 Å². The number of ether oxygens (including phenoxy) is 2. The van der Waals surface area contributed by atoms with Gasteiger partial charge >= 0.3 is 11.9 Å². The minimum atomic E-state index is -0.446. The molecule has 13 heavy (non-hydrogen) atoms. The number of methoxy groups -OCH3 is 1. The number of carbonyl (C=O) groups is 2. The summed E-state index contributed by atoms with van der Waals surface area (Å²) in [7, 11) is 1.33. The van der Waals surface area contributed by atoms with Crippen LogP contribution in [-0.4, -0.2) is 37.2 Å². The third-order valence-corrected chi connectivity index (χ3v) is 1.98. The molecule has 0 atom stereocenters. The maximum atomic E-state index is 10.6. The maximum Gasteiger partial charge on any atom is 0.330 e. The van der Waals surface area contributed by atoms with Crippen molar-refractivity contribution in [3.63, 3.8) is 0 Å². The summed E-state index contributed by atoms with van der Waals surface area (Å²) in [5.41, 5.74) is 0. The number of thioether (sulfide) groups is 1. The van der Waals surface area contributed by atoms with Crippen molar-refractivity contribution in [2.45, 2.75) is 0 Å². The molecular formula is C8H12O4S. The average molecular weight is 204 g/mol. The first-order valence-corrected chi connectivity index (χ1v) is 4.80. The second-order valence-corrected chi connectivity index (χ2v) is 3.11.